The lowest BCUT2D eigenvalue weighted by Gasteiger charge is -2.18. The van der Waals surface area contributed by atoms with Gasteiger partial charge >= 0.3 is 6.09 Å². The summed E-state index contributed by atoms with van der Waals surface area (Å²) in [6.45, 7) is 5.36. The first-order valence-electron chi connectivity index (χ1n) is 10.1. The van der Waals surface area contributed by atoms with Crippen LogP contribution in [0.3, 0.4) is 0 Å². The van der Waals surface area contributed by atoms with Gasteiger partial charge in [-0.05, 0) is 62.7 Å². The predicted octanol–water partition coefficient (Wildman–Crippen LogP) is 6.61. The van der Waals surface area contributed by atoms with Crippen LogP contribution < -0.4 is 10.6 Å². The number of carbonyl (C=O) groups excluding carboxylic acids is 2. The first-order valence-corrected chi connectivity index (χ1v) is 11.3. The van der Waals surface area contributed by atoms with Gasteiger partial charge in [0, 0.05) is 22.3 Å². The Morgan fingerprint density at radius 2 is 1.88 bits per heavy atom. The fourth-order valence-electron chi connectivity index (χ4n) is 3.12. The van der Waals surface area contributed by atoms with Crippen LogP contribution in [0.2, 0.25) is 5.02 Å². The molecule has 2 amide bonds. The number of hydrogen-bond donors (Lipinski definition) is 2. The molecular formula is C24H21ClN4O3S. The summed E-state index contributed by atoms with van der Waals surface area (Å²) in [5.41, 5.74) is 2.56. The molecule has 4 aromatic rings. The quantitative estimate of drug-likeness (QED) is 0.342. The largest absolute Gasteiger partial charge is 0.444 e. The number of nitrogens with zero attached hydrogens (tertiary/aromatic N) is 2. The van der Waals surface area contributed by atoms with E-state index in [9.17, 15) is 9.59 Å². The minimum Gasteiger partial charge on any atom is -0.444 e. The highest BCUT2D eigenvalue weighted by Gasteiger charge is 2.20. The lowest BCUT2D eigenvalue weighted by atomic mass is 10.0. The standard InChI is InChI=1S/C24H21ClN4O3S/c1-24(2,3)32-23(31)29-22-28-20-18(14-6-4-7-16(25)10-14)11-15(12-19(20)33-22)21(30)27-17-8-5-9-26-13-17/h4-13H,1-3H3,(H,27,30)(H,28,29,31). The number of ether oxygens (including phenoxy) is 1. The highest BCUT2D eigenvalue weighted by molar-refractivity contribution is 7.22. The maximum absolute atomic E-state index is 13.0. The second-order valence-electron chi connectivity index (χ2n) is 8.22. The Balaban J connectivity index is 1.75. The molecule has 0 radical (unpaired) electrons. The highest BCUT2D eigenvalue weighted by Crippen LogP contribution is 2.36. The molecule has 0 aliphatic rings. The molecular weight excluding hydrogens is 460 g/mol. The van der Waals surface area contributed by atoms with Crippen molar-refractivity contribution in [1.82, 2.24) is 9.97 Å². The summed E-state index contributed by atoms with van der Waals surface area (Å²) in [6, 6.07) is 14.3. The zero-order chi connectivity index (χ0) is 23.6. The number of amides is 2. The SMILES string of the molecule is CC(C)(C)OC(=O)Nc1nc2c(-c3cccc(Cl)c3)cc(C(=O)Nc3cccnc3)cc2s1. The van der Waals surface area contributed by atoms with Crippen LogP contribution >= 0.6 is 22.9 Å². The Morgan fingerprint density at radius 1 is 1.06 bits per heavy atom. The lowest BCUT2D eigenvalue weighted by molar-refractivity contribution is 0.0635. The van der Waals surface area contributed by atoms with Gasteiger partial charge in [0.25, 0.3) is 5.91 Å². The van der Waals surface area contributed by atoms with Crippen molar-refractivity contribution < 1.29 is 14.3 Å². The van der Waals surface area contributed by atoms with Crippen LogP contribution in [0, 0.1) is 0 Å². The number of anilines is 2. The molecule has 2 aromatic heterocycles. The molecule has 0 saturated heterocycles. The minimum absolute atomic E-state index is 0.289. The summed E-state index contributed by atoms with van der Waals surface area (Å²) in [7, 11) is 0. The van der Waals surface area contributed by atoms with E-state index in [-0.39, 0.29) is 5.91 Å². The number of benzene rings is 2. The Bertz CT molecular complexity index is 1330. The van der Waals surface area contributed by atoms with Gasteiger partial charge in [0.15, 0.2) is 5.13 Å². The lowest BCUT2D eigenvalue weighted by Crippen LogP contribution is -2.27. The molecule has 0 unspecified atom stereocenters. The summed E-state index contributed by atoms with van der Waals surface area (Å²) in [5, 5.41) is 6.45. The van der Waals surface area contributed by atoms with Crippen molar-refractivity contribution in [2.24, 2.45) is 0 Å². The maximum Gasteiger partial charge on any atom is 0.413 e. The monoisotopic (exact) mass is 480 g/mol. The Labute approximate surface area is 199 Å². The molecule has 0 aliphatic carbocycles. The number of carbonyl (C=O) groups is 2. The van der Waals surface area contributed by atoms with Gasteiger partial charge in [0.2, 0.25) is 0 Å². The van der Waals surface area contributed by atoms with Crippen LogP contribution in [0.25, 0.3) is 21.3 Å². The second-order valence-corrected chi connectivity index (χ2v) is 9.69. The third-order valence-electron chi connectivity index (χ3n) is 4.42. The van der Waals surface area contributed by atoms with Crippen molar-refractivity contribution in [3.05, 3.63) is 71.5 Å². The van der Waals surface area contributed by atoms with Crippen molar-refractivity contribution in [2.45, 2.75) is 26.4 Å². The van der Waals surface area contributed by atoms with E-state index in [2.05, 4.69) is 20.6 Å². The van der Waals surface area contributed by atoms with E-state index in [4.69, 9.17) is 16.3 Å². The molecule has 0 atom stereocenters. The number of nitrogens with one attached hydrogen (secondary N) is 2. The van der Waals surface area contributed by atoms with Gasteiger partial charge in [0.05, 0.1) is 22.1 Å². The molecule has 0 aliphatic heterocycles. The number of aromatic nitrogens is 2. The smallest absolute Gasteiger partial charge is 0.413 e. The van der Waals surface area contributed by atoms with Gasteiger partial charge in [-0.2, -0.15) is 0 Å². The average Bonchev–Trinajstić information content (AvgIpc) is 3.14. The maximum atomic E-state index is 13.0. The van der Waals surface area contributed by atoms with Gasteiger partial charge in [-0.1, -0.05) is 35.1 Å². The van der Waals surface area contributed by atoms with Crippen molar-refractivity contribution in [3.8, 4) is 11.1 Å². The number of fused-ring (bicyclic) bond motifs is 1. The number of halogens is 1. The summed E-state index contributed by atoms with van der Waals surface area (Å²) < 4.78 is 6.06. The van der Waals surface area contributed by atoms with Crippen LogP contribution in [-0.2, 0) is 4.74 Å². The predicted molar refractivity (Wildman–Crippen MR) is 132 cm³/mol. The third-order valence-corrected chi connectivity index (χ3v) is 5.57. The average molecular weight is 481 g/mol. The van der Waals surface area contributed by atoms with Gasteiger partial charge < -0.3 is 10.1 Å². The molecule has 2 aromatic carbocycles. The fourth-order valence-corrected chi connectivity index (χ4v) is 4.23. The van der Waals surface area contributed by atoms with Crippen molar-refractivity contribution in [3.63, 3.8) is 0 Å². The van der Waals surface area contributed by atoms with E-state index in [0.29, 0.717) is 26.9 Å². The van der Waals surface area contributed by atoms with E-state index in [1.807, 2.05) is 12.1 Å². The molecule has 0 fully saturated rings. The van der Waals surface area contributed by atoms with Gasteiger partial charge in [-0.25, -0.2) is 9.78 Å². The molecule has 33 heavy (non-hydrogen) atoms. The first kappa shape index (κ1) is 22.7. The van der Waals surface area contributed by atoms with Crippen LogP contribution in [0.4, 0.5) is 15.6 Å². The van der Waals surface area contributed by atoms with E-state index in [1.54, 1.807) is 69.6 Å². The summed E-state index contributed by atoms with van der Waals surface area (Å²) in [5.74, 6) is -0.289. The van der Waals surface area contributed by atoms with Crippen LogP contribution in [0.15, 0.2) is 60.9 Å². The molecule has 2 N–H and O–H groups in total. The first-order chi connectivity index (χ1) is 15.7. The van der Waals surface area contributed by atoms with Crippen molar-refractivity contribution >= 4 is 56.0 Å². The number of rotatable bonds is 4. The highest BCUT2D eigenvalue weighted by atomic mass is 35.5. The minimum atomic E-state index is -0.635. The number of thiazole rings is 1. The number of pyridine rings is 1. The molecule has 2 heterocycles. The second kappa shape index (κ2) is 9.17. The molecule has 9 heteroatoms. The molecule has 0 spiro atoms. The van der Waals surface area contributed by atoms with Crippen molar-refractivity contribution in [2.75, 3.05) is 10.6 Å². The van der Waals surface area contributed by atoms with Crippen LogP contribution in [0.5, 0.6) is 0 Å². The summed E-state index contributed by atoms with van der Waals surface area (Å²) >= 11 is 7.47. The summed E-state index contributed by atoms with van der Waals surface area (Å²) in [6.07, 6.45) is 2.61. The van der Waals surface area contributed by atoms with E-state index in [1.165, 1.54) is 11.3 Å². The zero-order valence-corrected chi connectivity index (χ0v) is 19.8. The van der Waals surface area contributed by atoms with Gasteiger partial charge in [0.1, 0.15) is 5.60 Å². The van der Waals surface area contributed by atoms with Gasteiger partial charge in [-0.15, -0.1) is 0 Å². The molecule has 4 rings (SSSR count). The van der Waals surface area contributed by atoms with Crippen molar-refractivity contribution in [1.29, 1.82) is 0 Å². The Kier molecular flexibility index (Phi) is 6.31. The Hall–Kier alpha value is -3.49. The zero-order valence-electron chi connectivity index (χ0n) is 18.2. The molecule has 7 nitrogen and oxygen atoms in total. The Morgan fingerprint density at radius 3 is 2.58 bits per heavy atom. The topological polar surface area (TPSA) is 93.2 Å². The molecule has 168 valence electrons. The van der Waals surface area contributed by atoms with E-state index < -0.39 is 11.7 Å². The van der Waals surface area contributed by atoms with E-state index >= 15 is 0 Å². The van der Waals surface area contributed by atoms with Crippen LogP contribution in [0.1, 0.15) is 31.1 Å². The molecule has 0 saturated carbocycles. The summed E-state index contributed by atoms with van der Waals surface area (Å²) in [4.78, 5) is 33.8. The van der Waals surface area contributed by atoms with Crippen LogP contribution in [-0.4, -0.2) is 27.6 Å². The number of hydrogen-bond acceptors (Lipinski definition) is 6. The van der Waals surface area contributed by atoms with E-state index in [0.717, 1.165) is 15.8 Å². The third kappa shape index (κ3) is 5.66. The normalized spacial score (nSPS) is 11.3. The fraction of sp³-hybridized carbons (Fsp3) is 0.167. The van der Waals surface area contributed by atoms with Gasteiger partial charge in [-0.3, -0.25) is 15.1 Å². The molecule has 0 bridgehead atoms.